The molecule has 16 heavy (non-hydrogen) atoms. The van der Waals surface area contributed by atoms with Crippen LogP contribution in [0.4, 0.5) is 5.69 Å². The van der Waals surface area contributed by atoms with Gasteiger partial charge in [-0.3, -0.25) is 4.90 Å². The van der Waals surface area contributed by atoms with Crippen LogP contribution in [0.2, 0.25) is 0 Å². The summed E-state index contributed by atoms with van der Waals surface area (Å²) in [5.74, 6) is 0.895. The summed E-state index contributed by atoms with van der Waals surface area (Å²) in [6.07, 6.45) is 2.65. The first-order chi connectivity index (χ1) is 7.65. The van der Waals surface area contributed by atoms with Crippen LogP contribution < -0.4 is 5.73 Å². The molecule has 1 fully saturated rings. The van der Waals surface area contributed by atoms with E-state index in [1.807, 2.05) is 0 Å². The van der Waals surface area contributed by atoms with Crippen molar-refractivity contribution >= 4 is 5.69 Å². The van der Waals surface area contributed by atoms with Crippen LogP contribution in [0.15, 0.2) is 18.2 Å². The molecule has 1 heterocycles. The van der Waals surface area contributed by atoms with Gasteiger partial charge in [-0.25, -0.2) is 0 Å². The van der Waals surface area contributed by atoms with Crippen molar-refractivity contribution in [1.82, 2.24) is 4.90 Å². The molecule has 0 unspecified atom stereocenters. The topological polar surface area (TPSA) is 29.3 Å². The smallest absolute Gasteiger partial charge is 0.0362 e. The Morgan fingerprint density at radius 1 is 1.31 bits per heavy atom. The van der Waals surface area contributed by atoms with Crippen molar-refractivity contribution in [2.75, 3.05) is 18.8 Å². The average molecular weight is 218 g/mol. The number of aryl methyl sites for hydroxylation is 1. The third-order valence-electron chi connectivity index (χ3n) is 3.57. The van der Waals surface area contributed by atoms with Gasteiger partial charge in [-0.05, 0) is 56.0 Å². The Morgan fingerprint density at radius 2 is 2.00 bits per heavy atom. The molecule has 1 aromatic rings. The summed E-state index contributed by atoms with van der Waals surface area (Å²) in [4.78, 5) is 2.51. The maximum atomic E-state index is 6.04. The molecule has 0 atom stereocenters. The molecule has 1 aromatic carbocycles. The molecular formula is C14H22N2. The first-order valence-electron chi connectivity index (χ1n) is 6.22. The zero-order chi connectivity index (χ0) is 11.5. The normalized spacial score (nSPS) is 18.9. The SMILES string of the molecule is Cc1ccc(CN2CCC(C)CC2)c(N)c1. The number of likely N-dealkylation sites (tertiary alicyclic amines) is 1. The molecule has 2 rings (SSSR count). The summed E-state index contributed by atoms with van der Waals surface area (Å²) < 4.78 is 0. The number of nitrogen functional groups attached to an aromatic ring is 1. The van der Waals surface area contributed by atoms with Crippen LogP contribution in [0.3, 0.4) is 0 Å². The largest absolute Gasteiger partial charge is 0.398 e. The number of hydrogen-bond donors (Lipinski definition) is 1. The number of anilines is 1. The van der Waals surface area contributed by atoms with Gasteiger partial charge in [-0.2, -0.15) is 0 Å². The second kappa shape index (κ2) is 4.88. The van der Waals surface area contributed by atoms with Crippen molar-refractivity contribution in [3.63, 3.8) is 0 Å². The van der Waals surface area contributed by atoms with Gasteiger partial charge in [0.05, 0.1) is 0 Å². The zero-order valence-electron chi connectivity index (χ0n) is 10.4. The summed E-state index contributed by atoms with van der Waals surface area (Å²) >= 11 is 0. The zero-order valence-corrected chi connectivity index (χ0v) is 10.4. The van der Waals surface area contributed by atoms with E-state index in [1.165, 1.54) is 37.1 Å². The number of nitrogens with zero attached hydrogens (tertiary/aromatic N) is 1. The lowest BCUT2D eigenvalue weighted by Crippen LogP contribution is -2.32. The van der Waals surface area contributed by atoms with Crippen molar-refractivity contribution in [3.05, 3.63) is 29.3 Å². The van der Waals surface area contributed by atoms with E-state index in [0.29, 0.717) is 0 Å². The van der Waals surface area contributed by atoms with Crippen molar-refractivity contribution in [2.24, 2.45) is 5.92 Å². The van der Waals surface area contributed by atoms with Crippen LogP contribution in [-0.2, 0) is 6.54 Å². The minimum atomic E-state index is 0.895. The van der Waals surface area contributed by atoms with Gasteiger partial charge < -0.3 is 5.73 Å². The molecule has 0 spiro atoms. The highest BCUT2D eigenvalue weighted by Crippen LogP contribution is 2.21. The standard InChI is InChI=1S/C14H22N2/c1-11-5-7-16(8-6-11)10-13-4-3-12(2)9-14(13)15/h3-4,9,11H,5-8,10,15H2,1-2H3. The fourth-order valence-electron chi connectivity index (χ4n) is 2.32. The molecule has 1 saturated heterocycles. The van der Waals surface area contributed by atoms with E-state index < -0.39 is 0 Å². The van der Waals surface area contributed by atoms with Gasteiger partial charge in [-0.1, -0.05) is 19.1 Å². The molecule has 0 radical (unpaired) electrons. The van der Waals surface area contributed by atoms with Crippen LogP contribution in [0, 0.1) is 12.8 Å². The van der Waals surface area contributed by atoms with Crippen LogP contribution in [0.5, 0.6) is 0 Å². The Morgan fingerprint density at radius 3 is 2.62 bits per heavy atom. The summed E-state index contributed by atoms with van der Waals surface area (Å²) in [5, 5.41) is 0. The highest BCUT2D eigenvalue weighted by Gasteiger charge is 2.16. The molecular weight excluding hydrogens is 196 g/mol. The van der Waals surface area contributed by atoms with E-state index >= 15 is 0 Å². The quantitative estimate of drug-likeness (QED) is 0.773. The summed E-state index contributed by atoms with van der Waals surface area (Å²) in [6, 6.07) is 6.39. The fourth-order valence-corrected chi connectivity index (χ4v) is 2.32. The van der Waals surface area contributed by atoms with Gasteiger partial charge in [0.25, 0.3) is 0 Å². The monoisotopic (exact) mass is 218 g/mol. The minimum Gasteiger partial charge on any atom is -0.398 e. The van der Waals surface area contributed by atoms with Gasteiger partial charge in [0.1, 0.15) is 0 Å². The lowest BCUT2D eigenvalue weighted by atomic mass is 9.98. The number of hydrogen-bond acceptors (Lipinski definition) is 2. The number of piperidine rings is 1. The molecule has 1 aliphatic rings. The van der Waals surface area contributed by atoms with Crippen LogP contribution in [0.25, 0.3) is 0 Å². The molecule has 0 aromatic heterocycles. The third-order valence-corrected chi connectivity index (χ3v) is 3.57. The Balaban J connectivity index is 1.98. The molecule has 0 saturated carbocycles. The Bertz CT molecular complexity index is 352. The summed E-state index contributed by atoms with van der Waals surface area (Å²) in [6.45, 7) is 7.88. The molecule has 88 valence electrons. The highest BCUT2D eigenvalue weighted by molar-refractivity contribution is 5.48. The predicted octanol–water partition coefficient (Wildman–Crippen LogP) is 2.81. The van der Waals surface area contributed by atoms with Crippen molar-refractivity contribution in [3.8, 4) is 0 Å². The third kappa shape index (κ3) is 2.76. The molecule has 0 bridgehead atoms. The van der Waals surface area contributed by atoms with Gasteiger partial charge in [0.2, 0.25) is 0 Å². The average Bonchev–Trinajstić information content (AvgIpc) is 2.25. The van der Waals surface area contributed by atoms with E-state index in [-0.39, 0.29) is 0 Å². The van der Waals surface area contributed by atoms with Crippen LogP contribution in [0.1, 0.15) is 30.9 Å². The first kappa shape index (κ1) is 11.5. The maximum Gasteiger partial charge on any atom is 0.0362 e. The van der Waals surface area contributed by atoms with E-state index in [0.717, 1.165) is 18.2 Å². The molecule has 2 nitrogen and oxygen atoms in total. The van der Waals surface area contributed by atoms with E-state index in [9.17, 15) is 0 Å². The molecule has 2 heteroatoms. The second-order valence-electron chi connectivity index (χ2n) is 5.16. The lowest BCUT2D eigenvalue weighted by Gasteiger charge is -2.30. The lowest BCUT2D eigenvalue weighted by molar-refractivity contribution is 0.185. The van der Waals surface area contributed by atoms with Crippen molar-refractivity contribution < 1.29 is 0 Å². The van der Waals surface area contributed by atoms with Crippen LogP contribution >= 0.6 is 0 Å². The van der Waals surface area contributed by atoms with Crippen molar-refractivity contribution in [2.45, 2.75) is 33.2 Å². The Kier molecular flexibility index (Phi) is 3.49. The van der Waals surface area contributed by atoms with E-state index in [4.69, 9.17) is 5.73 Å². The van der Waals surface area contributed by atoms with Gasteiger partial charge >= 0.3 is 0 Å². The maximum absolute atomic E-state index is 6.04. The second-order valence-corrected chi connectivity index (χ2v) is 5.16. The van der Waals surface area contributed by atoms with Gasteiger partial charge in [0.15, 0.2) is 0 Å². The molecule has 2 N–H and O–H groups in total. The van der Waals surface area contributed by atoms with Gasteiger partial charge in [0, 0.05) is 12.2 Å². The molecule has 0 amide bonds. The molecule has 1 aliphatic heterocycles. The van der Waals surface area contributed by atoms with E-state index in [1.54, 1.807) is 0 Å². The Hall–Kier alpha value is -1.02. The number of rotatable bonds is 2. The number of benzene rings is 1. The summed E-state index contributed by atoms with van der Waals surface area (Å²) in [7, 11) is 0. The van der Waals surface area contributed by atoms with Crippen molar-refractivity contribution in [1.29, 1.82) is 0 Å². The molecule has 0 aliphatic carbocycles. The number of nitrogens with two attached hydrogens (primary N) is 1. The van der Waals surface area contributed by atoms with Gasteiger partial charge in [-0.15, -0.1) is 0 Å². The predicted molar refractivity (Wildman–Crippen MR) is 69.3 cm³/mol. The summed E-state index contributed by atoms with van der Waals surface area (Å²) in [5.41, 5.74) is 9.50. The van der Waals surface area contributed by atoms with Crippen LogP contribution in [-0.4, -0.2) is 18.0 Å². The fraction of sp³-hybridized carbons (Fsp3) is 0.571. The minimum absolute atomic E-state index is 0.895. The first-order valence-corrected chi connectivity index (χ1v) is 6.22. The van der Waals surface area contributed by atoms with E-state index in [2.05, 4.69) is 36.9 Å². The highest BCUT2D eigenvalue weighted by atomic mass is 15.1. The Labute approximate surface area is 98.4 Å².